The van der Waals surface area contributed by atoms with E-state index in [0.717, 1.165) is 0 Å². The van der Waals surface area contributed by atoms with Crippen molar-refractivity contribution in [2.24, 2.45) is 0 Å². The van der Waals surface area contributed by atoms with Crippen molar-refractivity contribution < 1.29 is 0 Å². The molecule has 0 aliphatic carbocycles. The third-order valence-corrected chi connectivity index (χ3v) is 1.43. The molecular formula is C4H4N4S2. The van der Waals surface area contributed by atoms with Crippen LogP contribution in [0.25, 0.3) is 0 Å². The Kier molecular flexibility index (Phi) is 3.58. The Morgan fingerprint density at radius 2 is 1.80 bits per heavy atom. The Balaban J connectivity index is 0.0000001000. The molecule has 2 heterocycles. The highest BCUT2D eigenvalue weighted by atomic mass is 32.1. The molecule has 0 N–H and O–H groups in total. The van der Waals surface area contributed by atoms with Crippen molar-refractivity contribution in [1.82, 2.24) is 19.8 Å². The highest BCUT2D eigenvalue weighted by Crippen LogP contribution is 1.80. The van der Waals surface area contributed by atoms with Crippen LogP contribution in [0.1, 0.15) is 0 Å². The molecule has 0 bridgehead atoms. The Bertz CT molecular complexity index is 154. The second-order valence-electron chi connectivity index (χ2n) is 1.17. The number of nitrogens with zero attached hydrogens (tertiary/aromatic N) is 4. The Hall–Kier alpha value is -0.880. The fourth-order valence-electron chi connectivity index (χ4n) is 0.272. The van der Waals surface area contributed by atoms with Crippen molar-refractivity contribution in [1.29, 1.82) is 0 Å². The molecule has 2 rings (SSSR count). The molecule has 0 aromatic carbocycles. The smallest absolute Gasteiger partial charge is 0.103 e. The van der Waals surface area contributed by atoms with Crippen LogP contribution in [-0.4, -0.2) is 19.8 Å². The summed E-state index contributed by atoms with van der Waals surface area (Å²) in [6.07, 6.45) is 1.66. The third-order valence-electron chi connectivity index (χ3n) is 0.565. The predicted molar refractivity (Wildman–Crippen MR) is 39.8 cm³/mol. The summed E-state index contributed by atoms with van der Waals surface area (Å²) in [7, 11) is 0. The van der Waals surface area contributed by atoms with Crippen molar-refractivity contribution in [3.63, 3.8) is 0 Å². The quantitative estimate of drug-likeness (QED) is 0.596. The Morgan fingerprint density at radius 1 is 1.00 bits per heavy atom. The van der Waals surface area contributed by atoms with Gasteiger partial charge in [0.05, 0.1) is 6.20 Å². The molecule has 0 aliphatic rings. The van der Waals surface area contributed by atoms with E-state index in [9.17, 15) is 0 Å². The highest BCUT2D eigenvalue weighted by molar-refractivity contribution is 7.07. The first-order valence-corrected chi connectivity index (χ1v) is 4.18. The van der Waals surface area contributed by atoms with Crippen LogP contribution < -0.4 is 0 Å². The monoisotopic (exact) mass is 172 g/mol. The maximum atomic E-state index is 3.51. The number of hydrogen-bond donors (Lipinski definition) is 0. The summed E-state index contributed by atoms with van der Waals surface area (Å²) in [5.74, 6) is 0. The van der Waals surface area contributed by atoms with Gasteiger partial charge in [0.15, 0.2) is 0 Å². The topological polar surface area (TPSA) is 51.6 Å². The van der Waals surface area contributed by atoms with Crippen LogP contribution in [-0.2, 0) is 0 Å². The molecule has 0 spiro atoms. The summed E-state index contributed by atoms with van der Waals surface area (Å²) in [5, 5.41) is 12.3. The Morgan fingerprint density at radius 3 is 2.00 bits per heavy atom. The van der Waals surface area contributed by atoms with Crippen molar-refractivity contribution in [3.8, 4) is 0 Å². The second-order valence-corrected chi connectivity index (χ2v) is 2.51. The van der Waals surface area contributed by atoms with E-state index in [1.807, 2.05) is 5.38 Å². The van der Waals surface area contributed by atoms with Crippen LogP contribution in [0.2, 0.25) is 0 Å². The van der Waals surface area contributed by atoms with E-state index in [4.69, 9.17) is 0 Å². The summed E-state index contributed by atoms with van der Waals surface area (Å²) in [6.45, 7) is 0. The van der Waals surface area contributed by atoms with E-state index in [1.165, 1.54) is 22.9 Å². The molecular weight excluding hydrogens is 168 g/mol. The van der Waals surface area contributed by atoms with Crippen LogP contribution in [0.4, 0.5) is 0 Å². The molecule has 0 atom stereocenters. The van der Waals surface area contributed by atoms with Crippen molar-refractivity contribution in [2.75, 3.05) is 0 Å². The fraction of sp³-hybridized carbons (Fsp3) is 0. The lowest BCUT2D eigenvalue weighted by Crippen LogP contribution is -1.53. The SMILES string of the molecule is c1csnn1.c1nncs1. The molecule has 0 saturated carbocycles. The summed E-state index contributed by atoms with van der Waals surface area (Å²) in [4.78, 5) is 0. The molecule has 0 unspecified atom stereocenters. The van der Waals surface area contributed by atoms with Gasteiger partial charge in [-0.05, 0) is 11.5 Å². The first-order valence-electron chi connectivity index (χ1n) is 2.40. The molecule has 52 valence electrons. The van der Waals surface area contributed by atoms with Gasteiger partial charge in [-0.25, -0.2) is 0 Å². The zero-order valence-corrected chi connectivity index (χ0v) is 6.55. The summed E-state index contributed by atoms with van der Waals surface area (Å²) >= 11 is 2.84. The normalized spacial score (nSPS) is 8.00. The van der Waals surface area contributed by atoms with Gasteiger partial charge >= 0.3 is 0 Å². The third kappa shape index (κ3) is 3.21. The minimum atomic E-state index is 1.35. The van der Waals surface area contributed by atoms with Gasteiger partial charge in [0.1, 0.15) is 11.0 Å². The average Bonchev–Trinajstić information content (AvgIpc) is 2.67. The van der Waals surface area contributed by atoms with Gasteiger partial charge in [0, 0.05) is 5.38 Å². The highest BCUT2D eigenvalue weighted by Gasteiger charge is 1.61. The van der Waals surface area contributed by atoms with E-state index >= 15 is 0 Å². The van der Waals surface area contributed by atoms with Crippen LogP contribution >= 0.6 is 22.9 Å². The lowest BCUT2D eigenvalue weighted by Gasteiger charge is -1.41. The van der Waals surface area contributed by atoms with Crippen molar-refractivity contribution in [3.05, 3.63) is 22.6 Å². The molecule has 0 aliphatic heterocycles. The minimum absolute atomic E-state index is 1.35. The molecule has 10 heavy (non-hydrogen) atoms. The van der Waals surface area contributed by atoms with Gasteiger partial charge in [0.25, 0.3) is 0 Å². The summed E-state index contributed by atoms with van der Waals surface area (Å²) in [6, 6.07) is 0. The second kappa shape index (κ2) is 4.95. The van der Waals surface area contributed by atoms with E-state index in [2.05, 4.69) is 19.8 Å². The predicted octanol–water partition coefficient (Wildman–Crippen LogP) is 1.08. The van der Waals surface area contributed by atoms with Gasteiger partial charge in [-0.15, -0.1) is 26.6 Å². The molecule has 2 aromatic rings. The average molecular weight is 172 g/mol. The first kappa shape index (κ1) is 7.23. The van der Waals surface area contributed by atoms with Gasteiger partial charge in [-0.1, -0.05) is 4.49 Å². The van der Waals surface area contributed by atoms with Crippen LogP contribution in [0, 0.1) is 0 Å². The molecule has 2 aromatic heterocycles. The fourth-order valence-corrected chi connectivity index (χ4v) is 0.816. The van der Waals surface area contributed by atoms with Crippen molar-refractivity contribution >= 4 is 22.9 Å². The molecule has 4 nitrogen and oxygen atoms in total. The van der Waals surface area contributed by atoms with Crippen molar-refractivity contribution in [2.45, 2.75) is 0 Å². The van der Waals surface area contributed by atoms with Gasteiger partial charge < -0.3 is 0 Å². The van der Waals surface area contributed by atoms with E-state index in [-0.39, 0.29) is 0 Å². The van der Waals surface area contributed by atoms with Gasteiger partial charge in [-0.2, -0.15) is 0 Å². The first-order chi connectivity index (χ1) is 5.00. The van der Waals surface area contributed by atoms with Crippen LogP contribution in [0.5, 0.6) is 0 Å². The van der Waals surface area contributed by atoms with E-state index in [1.54, 1.807) is 17.2 Å². The zero-order chi connectivity index (χ0) is 7.07. The molecule has 0 saturated heterocycles. The number of hydrogen-bond acceptors (Lipinski definition) is 6. The summed E-state index contributed by atoms with van der Waals surface area (Å²) < 4.78 is 3.51. The lowest BCUT2D eigenvalue weighted by atomic mass is 11.1. The summed E-state index contributed by atoms with van der Waals surface area (Å²) in [5.41, 5.74) is 3.36. The van der Waals surface area contributed by atoms with Crippen LogP contribution in [0.15, 0.2) is 22.6 Å². The molecule has 6 heteroatoms. The van der Waals surface area contributed by atoms with Crippen LogP contribution in [0.3, 0.4) is 0 Å². The molecule has 0 radical (unpaired) electrons. The van der Waals surface area contributed by atoms with E-state index in [0.29, 0.717) is 0 Å². The van der Waals surface area contributed by atoms with E-state index < -0.39 is 0 Å². The number of rotatable bonds is 0. The largest absolute Gasteiger partial charge is 0.147 e. The lowest BCUT2D eigenvalue weighted by molar-refractivity contribution is 1.09. The molecule has 0 fully saturated rings. The van der Waals surface area contributed by atoms with Gasteiger partial charge in [0.2, 0.25) is 0 Å². The molecule has 0 amide bonds. The maximum Gasteiger partial charge on any atom is 0.103 e. The minimum Gasteiger partial charge on any atom is -0.147 e. The zero-order valence-electron chi connectivity index (χ0n) is 4.91. The Labute approximate surface area is 65.7 Å². The number of aromatic nitrogens is 4. The standard InChI is InChI=1S/2C2H2N2S/c1-3-4-2-5-1;1-2-5-4-3-1/h2*1-2H. The van der Waals surface area contributed by atoms with Gasteiger partial charge in [-0.3, -0.25) is 0 Å². The maximum absolute atomic E-state index is 3.51.